The Morgan fingerprint density at radius 3 is 2.59 bits per heavy atom. The van der Waals surface area contributed by atoms with E-state index in [9.17, 15) is 9.59 Å². The summed E-state index contributed by atoms with van der Waals surface area (Å²) in [7, 11) is 0. The number of amides is 2. The van der Waals surface area contributed by atoms with Crippen LogP contribution in [0.5, 0.6) is 0 Å². The summed E-state index contributed by atoms with van der Waals surface area (Å²) in [5.41, 5.74) is 6.92. The molecule has 2 aliphatic rings. The Kier molecular flexibility index (Phi) is 4.29. The number of carbonyl (C=O) groups is 2. The lowest BCUT2D eigenvalue weighted by atomic mass is 9.98. The molecule has 1 aromatic rings. The molecule has 3 N–H and O–H groups in total. The Bertz CT molecular complexity index is 546. The Labute approximate surface area is 129 Å². The van der Waals surface area contributed by atoms with Crippen LogP contribution in [0.15, 0.2) is 24.3 Å². The van der Waals surface area contributed by atoms with E-state index in [1.54, 1.807) is 0 Å². The maximum absolute atomic E-state index is 12.1. The van der Waals surface area contributed by atoms with E-state index in [1.165, 1.54) is 0 Å². The third kappa shape index (κ3) is 3.22. The molecule has 2 heterocycles. The van der Waals surface area contributed by atoms with Crippen LogP contribution in [0.2, 0.25) is 0 Å². The van der Waals surface area contributed by atoms with E-state index in [1.807, 2.05) is 24.3 Å². The van der Waals surface area contributed by atoms with Crippen LogP contribution in [0, 0.1) is 11.8 Å². The number of primary amides is 1. The van der Waals surface area contributed by atoms with Gasteiger partial charge in [-0.1, -0.05) is 0 Å². The quantitative estimate of drug-likeness (QED) is 0.823. The molecule has 0 bridgehead atoms. The summed E-state index contributed by atoms with van der Waals surface area (Å²) < 4.78 is 5.29. The fourth-order valence-electron chi connectivity index (χ4n) is 2.78. The van der Waals surface area contributed by atoms with Gasteiger partial charge in [0.25, 0.3) is 5.91 Å². The van der Waals surface area contributed by atoms with Crippen molar-refractivity contribution < 1.29 is 14.3 Å². The standard InChI is InChI=1S/C16H21N3O3/c17-15(20)13-8-19(9-13)14-3-1-12(2-4-14)16(21)18-7-11-5-6-22-10-11/h1-4,11,13H,5-10H2,(H2,17,20)(H,18,21). The molecule has 2 fully saturated rings. The number of anilines is 1. The molecule has 0 aromatic heterocycles. The molecule has 1 unspecified atom stereocenters. The van der Waals surface area contributed by atoms with Gasteiger partial charge in [0, 0.05) is 43.4 Å². The highest BCUT2D eigenvalue weighted by Gasteiger charge is 2.31. The number of nitrogens with zero attached hydrogens (tertiary/aromatic N) is 1. The monoisotopic (exact) mass is 303 g/mol. The average Bonchev–Trinajstić information content (AvgIpc) is 2.97. The summed E-state index contributed by atoms with van der Waals surface area (Å²) in [4.78, 5) is 25.2. The third-order valence-electron chi connectivity index (χ3n) is 4.35. The number of benzene rings is 1. The van der Waals surface area contributed by atoms with Crippen molar-refractivity contribution in [2.75, 3.05) is 37.7 Å². The summed E-state index contributed by atoms with van der Waals surface area (Å²) in [6.07, 6.45) is 1.01. The van der Waals surface area contributed by atoms with Crippen molar-refractivity contribution in [1.29, 1.82) is 0 Å². The predicted molar refractivity (Wildman–Crippen MR) is 82.6 cm³/mol. The molecule has 118 valence electrons. The van der Waals surface area contributed by atoms with Crippen LogP contribution in [-0.4, -0.2) is 44.7 Å². The number of carbonyl (C=O) groups excluding carboxylic acids is 2. The van der Waals surface area contributed by atoms with Crippen molar-refractivity contribution in [2.24, 2.45) is 17.6 Å². The van der Waals surface area contributed by atoms with Crippen molar-refractivity contribution in [3.05, 3.63) is 29.8 Å². The topological polar surface area (TPSA) is 84.7 Å². The minimum atomic E-state index is -0.247. The van der Waals surface area contributed by atoms with Gasteiger partial charge in [0.2, 0.25) is 5.91 Å². The summed E-state index contributed by atoms with van der Waals surface area (Å²) in [6, 6.07) is 7.44. The molecule has 6 heteroatoms. The number of nitrogens with two attached hydrogens (primary N) is 1. The largest absolute Gasteiger partial charge is 0.381 e. The van der Waals surface area contributed by atoms with Crippen LogP contribution in [0.3, 0.4) is 0 Å². The lowest BCUT2D eigenvalue weighted by Crippen LogP contribution is -2.52. The molecule has 0 saturated carbocycles. The zero-order valence-electron chi connectivity index (χ0n) is 12.5. The first-order valence-corrected chi connectivity index (χ1v) is 7.64. The second-order valence-electron chi connectivity index (χ2n) is 5.99. The van der Waals surface area contributed by atoms with Gasteiger partial charge < -0.3 is 20.7 Å². The minimum absolute atomic E-state index is 0.0583. The number of hydrogen-bond acceptors (Lipinski definition) is 4. The molecule has 2 saturated heterocycles. The van der Waals surface area contributed by atoms with Crippen LogP contribution in [-0.2, 0) is 9.53 Å². The zero-order valence-corrected chi connectivity index (χ0v) is 12.5. The lowest BCUT2D eigenvalue weighted by molar-refractivity contribution is -0.122. The normalized spacial score (nSPS) is 21.5. The summed E-state index contributed by atoms with van der Waals surface area (Å²) >= 11 is 0. The van der Waals surface area contributed by atoms with Gasteiger partial charge in [-0.25, -0.2) is 0 Å². The first-order chi connectivity index (χ1) is 10.6. The minimum Gasteiger partial charge on any atom is -0.381 e. The third-order valence-corrected chi connectivity index (χ3v) is 4.35. The molecule has 1 atom stereocenters. The molecular weight excluding hydrogens is 282 g/mol. The van der Waals surface area contributed by atoms with E-state index in [4.69, 9.17) is 10.5 Å². The second kappa shape index (κ2) is 6.36. The van der Waals surface area contributed by atoms with Crippen LogP contribution >= 0.6 is 0 Å². The van der Waals surface area contributed by atoms with Crippen molar-refractivity contribution in [2.45, 2.75) is 6.42 Å². The molecule has 2 aliphatic heterocycles. The van der Waals surface area contributed by atoms with Crippen molar-refractivity contribution in [3.8, 4) is 0 Å². The van der Waals surface area contributed by atoms with Gasteiger partial charge >= 0.3 is 0 Å². The van der Waals surface area contributed by atoms with Gasteiger partial charge in [0.05, 0.1) is 12.5 Å². The van der Waals surface area contributed by atoms with Gasteiger partial charge in [0.15, 0.2) is 0 Å². The van der Waals surface area contributed by atoms with Crippen LogP contribution in [0.4, 0.5) is 5.69 Å². The second-order valence-corrected chi connectivity index (χ2v) is 5.99. The molecule has 0 spiro atoms. The van der Waals surface area contributed by atoms with Gasteiger partial charge in [-0.15, -0.1) is 0 Å². The molecule has 22 heavy (non-hydrogen) atoms. The van der Waals surface area contributed by atoms with Gasteiger partial charge in [-0.05, 0) is 30.7 Å². The van der Waals surface area contributed by atoms with Crippen molar-refractivity contribution >= 4 is 17.5 Å². The highest BCUT2D eigenvalue weighted by Crippen LogP contribution is 2.24. The highest BCUT2D eigenvalue weighted by atomic mass is 16.5. The molecule has 0 radical (unpaired) electrons. The van der Waals surface area contributed by atoms with E-state index in [2.05, 4.69) is 10.2 Å². The Hall–Kier alpha value is -2.08. The summed E-state index contributed by atoms with van der Waals surface area (Å²) in [6.45, 7) is 3.49. The molecule has 2 amide bonds. The highest BCUT2D eigenvalue weighted by molar-refractivity contribution is 5.94. The zero-order chi connectivity index (χ0) is 15.5. The number of rotatable bonds is 5. The molecule has 1 aromatic carbocycles. The fraction of sp³-hybridized carbons (Fsp3) is 0.500. The Balaban J connectivity index is 1.50. The lowest BCUT2D eigenvalue weighted by Gasteiger charge is -2.39. The first kappa shape index (κ1) is 14.8. The Morgan fingerprint density at radius 2 is 2.00 bits per heavy atom. The fourth-order valence-corrected chi connectivity index (χ4v) is 2.78. The van der Waals surface area contributed by atoms with Crippen molar-refractivity contribution in [3.63, 3.8) is 0 Å². The summed E-state index contributed by atoms with van der Waals surface area (Å²) in [5.74, 6) is 0.0619. The van der Waals surface area contributed by atoms with E-state index in [-0.39, 0.29) is 17.7 Å². The molecular formula is C16H21N3O3. The van der Waals surface area contributed by atoms with Crippen molar-refractivity contribution in [1.82, 2.24) is 5.32 Å². The van der Waals surface area contributed by atoms with Crippen LogP contribution in [0.25, 0.3) is 0 Å². The number of ether oxygens (including phenoxy) is 1. The Morgan fingerprint density at radius 1 is 1.27 bits per heavy atom. The first-order valence-electron chi connectivity index (χ1n) is 7.64. The maximum atomic E-state index is 12.1. The van der Waals surface area contributed by atoms with Crippen LogP contribution in [0.1, 0.15) is 16.8 Å². The number of hydrogen-bond donors (Lipinski definition) is 2. The van der Waals surface area contributed by atoms with E-state index in [0.717, 1.165) is 25.3 Å². The van der Waals surface area contributed by atoms with Gasteiger partial charge in [0.1, 0.15) is 0 Å². The predicted octanol–water partition coefficient (Wildman–Crippen LogP) is 0.374. The summed E-state index contributed by atoms with van der Waals surface area (Å²) in [5, 5.41) is 2.95. The average molecular weight is 303 g/mol. The van der Waals surface area contributed by atoms with E-state index < -0.39 is 0 Å². The smallest absolute Gasteiger partial charge is 0.251 e. The van der Waals surface area contributed by atoms with Crippen LogP contribution < -0.4 is 16.0 Å². The van der Waals surface area contributed by atoms with E-state index >= 15 is 0 Å². The number of nitrogens with one attached hydrogen (secondary N) is 1. The van der Waals surface area contributed by atoms with Gasteiger partial charge in [-0.3, -0.25) is 9.59 Å². The van der Waals surface area contributed by atoms with Gasteiger partial charge in [-0.2, -0.15) is 0 Å². The molecule has 0 aliphatic carbocycles. The van der Waals surface area contributed by atoms with E-state index in [0.29, 0.717) is 31.1 Å². The molecule has 6 nitrogen and oxygen atoms in total. The molecule has 3 rings (SSSR count). The maximum Gasteiger partial charge on any atom is 0.251 e. The SMILES string of the molecule is NC(=O)C1CN(c2ccc(C(=O)NCC3CCOC3)cc2)C1.